The fourth-order valence-corrected chi connectivity index (χ4v) is 6.49. The molecule has 0 unspecified atom stereocenters. The number of hydrogen-bond donors (Lipinski definition) is 2. The van der Waals surface area contributed by atoms with Crippen LogP contribution in [-0.4, -0.2) is 68.0 Å². The lowest BCUT2D eigenvalue weighted by atomic mass is 9.98. The summed E-state index contributed by atoms with van der Waals surface area (Å²) in [7, 11) is -4.03. The number of ether oxygens (including phenoxy) is 1. The number of hydroxylamine groups is 1. The molecule has 2 saturated heterocycles. The van der Waals surface area contributed by atoms with Crippen LogP contribution in [0, 0.1) is 5.82 Å². The highest BCUT2D eigenvalue weighted by atomic mass is 35.5. The number of piperazine rings is 1. The number of amides is 1. The smallest absolute Gasteiger partial charge is 0.266 e. The molecular weight excluding hydrogens is 473 g/mol. The summed E-state index contributed by atoms with van der Waals surface area (Å²) in [6, 6.07) is 14.3. The van der Waals surface area contributed by atoms with Crippen LogP contribution in [0.2, 0.25) is 0 Å². The van der Waals surface area contributed by atoms with Gasteiger partial charge < -0.3 is 9.64 Å². The van der Waals surface area contributed by atoms with Gasteiger partial charge in [-0.3, -0.25) is 10.0 Å². The van der Waals surface area contributed by atoms with Crippen LogP contribution in [0.25, 0.3) is 11.1 Å². The average Bonchev–Trinajstić information content (AvgIpc) is 2.84. The Hall–Kier alpha value is -2.24. The van der Waals surface area contributed by atoms with E-state index in [9.17, 15) is 17.6 Å². The van der Waals surface area contributed by atoms with E-state index in [0.29, 0.717) is 24.3 Å². The summed E-state index contributed by atoms with van der Waals surface area (Å²) in [5.41, 5.74) is 3.50. The quantitative estimate of drug-likeness (QED) is 0.484. The number of sulfonamides is 1. The van der Waals surface area contributed by atoms with Gasteiger partial charge in [-0.25, -0.2) is 18.3 Å². The first kappa shape index (κ1) is 25.4. The van der Waals surface area contributed by atoms with Crippen molar-refractivity contribution in [1.29, 1.82) is 0 Å². The maximum absolute atomic E-state index is 14.8. The Kier molecular flexibility index (Phi) is 7.96. The molecule has 33 heavy (non-hydrogen) atoms. The molecule has 180 valence electrons. The molecule has 2 heterocycles. The molecule has 11 heteroatoms. The van der Waals surface area contributed by atoms with Gasteiger partial charge in [-0.05, 0) is 23.8 Å². The number of anilines is 1. The molecule has 2 aromatic rings. The minimum atomic E-state index is -4.03. The molecule has 2 aliphatic rings. The minimum Gasteiger partial charge on any atom is -0.381 e. The van der Waals surface area contributed by atoms with Gasteiger partial charge in [0.15, 0.2) is 4.75 Å². The van der Waals surface area contributed by atoms with Crippen molar-refractivity contribution in [3.8, 4) is 11.1 Å². The summed E-state index contributed by atoms with van der Waals surface area (Å²) in [6.07, 6.45) is -0.0395. The molecule has 8 nitrogen and oxygen atoms in total. The fraction of sp³-hybridized carbons (Fsp3) is 0.409. The van der Waals surface area contributed by atoms with Crippen LogP contribution >= 0.6 is 12.4 Å². The SMILES string of the molecule is Cl.O=C(NO)C1(S(=O)(=O)N2CCN(c3ccc(-c4ccccc4)c(F)c3)CC2)CCOCC1. The second-order valence-electron chi connectivity index (χ2n) is 7.97. The van der Waals surface area contributed by atoms with E-state index in [4.69, 9.17) is 9.94 Å². The fourth-order valence-electron chi connectivity index (χ4n) is 4.39. The zero-order valence-corrected chi connectivity index (χ0v) is 19.6. The molecule has 0 saturated carbocycles. The molecule has 0 aliphatic carbocycles. The number of hydrogen-bond acceptors (Lipinski definition) is 6. The molecule has 0 bridgehead atoms. The first-order chi connectivity index (χ1) is 15.4. The van der Waals surface area contributed by atoms with E-state index in [1.54, 1.807) is 6.07 Å². The van der Waals surface area contributed by atoms with Crippen molar-refractivity contribution in [3.63, 3.8) is 0 Å². The van der Waals surface area contributed by atoms with Gasteiger partial charge in [0.25, 0.3) is 5.91 Å². The van der Waals surface area contributed by atoms with Crippen molar-refractivity contribution in [2.24, 2.45) is 0 Å². The van der Waals surface area contributed by atoms with E-state index in [2.05, 4.69) is 0 Å². The molecule has 2 aliphatic heterocycles. The topological polar surface area (TPSA) is 99.2 Å². The third-order valence-electron chi connectivity index (χ3n) is 6.29. The predicted octanol–water partition coefficient (Wildman–Crippen LogP) is 2.42. The van der Waals surface area contributed by atoms with Crippen LogP contribution in [0.1, 0.15) is 12.8 Å². The second kappa shape index (κ2) is 10.4. The highest BCUT2D eigenvalue weighted by molar-refractivity contribution is 7.91. The van der Waals surface area contributed by atoms with Crippen LogP contribution < -0.4 is 10.4 Å². The number of nitrogens with one attached hydrogen (secondary N) is 1. The Bertz CT molecular complexity index is 1070. The molecule has 0 spiro atoms. The number of rotatable bonds is 5. The van der Waals surface area contributed by atoms with Crippen molar-refractivity contribution in [2.45, 2.75) is 17.6 Å². The monoisotopic (exact) mass is 499 g/mol. The van der Waals surface area contributed by atoms with Gasteiger partial charge in [0.1, 0.15) is 5.82 Å². The molecule has 2 fully saturated rings. The molecule has 0 aromatic heterocycles. The third-order valence-corrected chi connectivity index (χ3v) is 8.92. The maximum Gasteiger partial charge on any atom is 0.266 e. The standard InChI is InChI=1S/C22H26FN3O5S.ClH/c23-20-16-18(6-7-19(20)17-4-2-1-3-5-17)25-10-12-26(13-11-25)32(29,30)22(21(27)24-28)8-14-31-15-9-22;/h1-7,16,28H,8-15H2,(H,24,27);1H. The molecule has 2 aromatic carbocycles. The zero-order chi connectivity index (χ0) is 22.8. The van der Waals surface area contributed by atoms with Crippen LogP contribution in [0.5, 0.6) is 0 Å². The van der Waals surface area contributed by atoms with Gasteiger partial charge in [-0.15, -0.1) is 12.4 Å². The van der Waals surface area contributed by atoms with Gasteiger partial charge in [0, 0.05) is 63.5 Å². The Balaban J connectivity index is 0.00000306. The summed E-state index contributed by atoms with van der Waals surface area (Å²) in [6.45, 7) is 1.28. The first-order valence-electron chi connectivity index (χ1n) is 10.5. The first-order valence-corrected chi connectivity index (χ1v) is 11.9. The van der Waals surface area contributed by atoms with E-state index in [0.717, 1.165) is 5.56 Å². The average molecular weight is 500 g/mol. The second-order valence-corrected chi connectivity index (χ2v) is 10.2. The Morgan fingerprint density at radius 2 is 1.67 bits per heavy atom. The largest absolute Gasteiger partial charge is 0.381 e. The number of benzene rings is 2. The molecule has 4 rings (SSSR count). The Morgan fingerprint density at radius 3 is 2.24 bits per heavy atom. The van der Waals surface area contributed by atoms with E-state index in [1.165, 1.54) is 15.9 Å². The lowest BCUT2D eigenvalue weighted by Crippen LogP contribution is -2.62. The van der Waals surface area contributed by atoms with Gasteiger partial charge >= 0.3 is 0 Å². The van der Waals surface area contributed by atoms with Crippen molar-refractivity contribution < 1.29 is 27.5 Å². The summed E-state index contributed by atoms with van der Waals surface area (Å²) in [5, 5.41) is 9.17. The number of halogens is 2. The Labute approximate surface area is 198 Å². The van der Waals surface area contributed by atoms with Crippen molar-refractivity contribution in [1.82, 2.24) is 9.79 Å². The molecule has 2 N–H and O–H groups in total. The lowest BCUT2D eigenvalue weighted by Gasteiger charge is -2.42. The highest BCUT2D eigenvalue weighted by Crippen LogP contribution is 2.34. The predicted molar refractivity (Wildman–Crippen MR) is 125 cm³/mol. The van der Waals surface area contributed by atoms with E-state index in [1.807, 2.05) is 41.3 Å². The number of carbonyl (C=O) groups excluding carboxylic acids is 1. The lowest BCUT2D eigenvalue weighted by molar-refractivity contribution is -0.134. The summed E-state index contributed by atoms with van der Waals surface area (Å²) in [4.78, 5) is 14.3. The van der Waals surface area contributed by atoms with Crippen LogP contribution in [-0.2, 0) is 19.6 Å². The highest BCUT2D eigenvalue weighted by Gasteiger charge is 2.54. The van der Waals surface area contributed by atoms with Gasteiger partial charge in [-0.1, -0.05) is 30.3 Å². The maximum atomic E-state index is 14.8. The zero-order valence-electron chi connectivity index (χ0n) is 17.9. The summed E-state index contributed by atoms with van der Waals surface area (Å²) < 4.78 is 46.3. The van der Waals surface area contributed by atoms with Gasteiger partial charge in [0.05, 0.1) is 0 Å². The van der Waals surface area contributed by atoms with Crippen molar-refractivity contribution in [3.05, 3.63) is 54.3 Å². The number of carbonyl (C=O) groups is 1. The van der Waals surface area contributed by atoms with E-state index < -0.39 is 20.7 Å². The summed E-state index contributed by atoms with van der Waals surface area (Å²) in [5.74, 6) is -1.27. The van der Waals surface area contributed by atoms with E-state index in [-0.39, 0.29) is 57.4 Å². The normalized spacial score (nSPS) is 18.9. The van der Waals surface area contributed by atoms with Crippen LogP contribution in [0.3, 0.4) is 0 Å². The minimum absolute atomic E-state index is 0. The van der Waals surface area contributed by atoms with Crippen LogP contribution in [0.15, 0.2) is 48.5 Å². The van der Waals surface area contributed by atoms with Crippen molar-refractivity contribution >= 4 is 34.0 Å². The molecule has 0 atom stereocenters. The number of nitrogens with zero attached hydrogens (tertiary/aromatic N) is 2. The summed E-state index contributed by atoms with van der Waals surface area (Å²) >= 11 is 0. The van der Waals surface area contributed by atoms with Gasteiger partial charge in [0.2, 0.25) is 10.0 Å². The van der Waals surface area contributed by atoms with Gasteiger partial charge in [-0.2, -0.15) is 4.31 Å². The molecule has 0 radical (unpaired) electrons. The molecular formula is C22H27ClFN3O5S. The Morgan fingerprint density at radius 1 is 1.03 bits per heavy atom. The van der Waals surface area contributed by atoms with E-state index >= 15 is 0 Å². The van der Waals surface area contributed by atoms with Crippen LogP contribution in [0.4, 0.5) is 10.1 Å². The third kappa shape index (κ3) is 4.71. The van der Waals surface area contributed by atoms with Crippen molar-refractivity contribution in [2.75, 3.05) is 44.3 Å². The molecule has 1 amide bonds.